The van der Waals surface area contributed by atoms with Crippen LogP contribution in [0.25, 0.3) is 0 Å². The molecular formula is C10H20N2O. The first-order valence-corrected chi connectivity index (χ1v) is 4.92. The van der Waals surface area contributed by atoms with Gasteiger partial charge in [-0.1, -0.05) is 6.92 Å². The summed E-state index contributed by atoms with van der Waals surface area (Å²) in [6.45, 7) is 5.26. The van der Waals surface area contributed by atoms with Crippen LogP contribution in [0, 0.1) is 17.2 Å². The molecule has 0 fully saturated rings. The van der Waals surface area contributed by atoms with Gasteiger partial charge in [-0.3, -0.25) is 0 Å². The number of rotatable bonds is 7. The fraction of sp³-hybridized carbons (Fsp3) is 0.900. The summed E-state index contributed by atoms with van der Waals surface area (Å²) in [5, 5.41) is 20.4. The Morgan fingerprint density at radius 2 is 2.15 bits per heavy atom. The van der Waals surface area contributed by atoms with Gasteiger partial charge < -0.3 is 10.4 Å². The maximum absolute atomic E-state index is 8.76. The number of nitrogens with one attached hydrogen (secondary N) is 1. The molecule has 0 aromatic rings. The molecule has 0 aromatic carbocycles. The van der Waals surface area contributed by atoms with Gasteiger partial charge in [0.15, 0.2) is 0 Å². The van der Waals surface area contributed by atoms with Crippen LogP contribution in [0.5, 0.6) is 0 Å². The molecule has 3 nitrogen and oxygen atoms in total. The Hall–Kier alpha value is -0.590. The molecule has 0 aliphatic heterocycles. The van der Waals surface area contributed by atoms with Gasteiger partial charge in [-0.2, -0.15) is 5.26 Å². The van der Waals surface area contributed by atoms with E-state index < -0.39 is 0 Å². The lowest BCUT2D eigenvalue weighted by atomic mass is 10.1. The van der Waals surface area contributed by atoms with Crippen LogP contribution in [0.3, 0.4) is 0 Å². The summed E-state index contributed by atoms with van der Waals surface area (Å²) < 4.78 is 0. The Morgan fingerprint density at radius 1 is 1.46 bits per heavy atom. The Morgan fingerprint density at radius 3 is 2.69 bits per heavy atom. The summed E-state index contributed by atoms with van der Waals surface area (Å²) in [4.78, 5) is 0. The average Bonchev–Trinajstić information content (AvgIpc) is 2.12. The van der Waals surface area contributed by atoms with Crippen molar-refractivity contribution in [3.8, 4) is 6.07 Å². The predicted molar refractivity (Wildman–Crippen MR) is 53.2 cm³/mol. The zero-order chi connectivity index (χ0) is 10.1. The van der Waals surface area contributed by atoms with E-state index in [0.717, 1.165) is 19.4 Å². The molecule has 0 saturated heterocycles. The monoisotopic (exact) mass is 184 g/mol. The zero-order valence-corrected chi connectivity index (χ0v) is 8.58. The maximum Gasteiger partial charge on any atom is 0.0638 e. The second-order valence-electron chi connectivity index (χ2n) is 3.65. The normalized spacial score (nSPS) is 14.9. The molecule has 0 radical (unpaired) electrons. The van der Waals surface area contributed by atoms with Crippen molar-refractivity contribution in [2.75, 3.05) is 13.2 Å². The van der Waals surface area contributed by atoms with Crippen LogP contribution in [0.15, 0.2) is 0 Å². The van der Waals surface area contributed by atoms with Gasteiger partial charge in [0.1, 0.15) is 0 Å². The second kappa shape index (κ2) is 8.03. The fourth-order valence-corrected chi connectivity index (χ4v) is 1.10. The highest BCUT2D eigenvalue weighted by Crippen LogP contribution is 2.02. The first kappa shape index (κ1) is 12.4. The molecule has 13 heavy (non-hydrogen) atoms. The minimum atomic E-state index is 0.272. The SMILES string of the molecule is CC(CO)CCCNC(C)CC#N. The van der Waals surface area contributed by atoms with Crippen LogP contribution >= 0.6 is 0 Å². The highest BCUT2D eigenvalue weighted by atomic mass is 16.3. The summed E-state index contributed by atoms with van der Waals surface area (Å²) in [6.07, 6.45) is 2.68. The molecular weight excluding hydrogens is 164 g/mol. The third-order valence-electron chi connectivity index (χ3n) is 2.08. The predicted octanol–water partition coefficient (Wildman–Crippen LogP) is 1.29. The van der Waals surface area contributed by atoms with E-state index in [2.05, 4.69) is 11.4 Å². The quantitative estimate of drug-likeness (QED) is 0.586. The van der Waals surface area contributed by atoms with Crippen LogP contribution in [0.1, 0.15) is 33.1 Å². The van der Waals surface area contributed by atoms with Gasteiger partial charge in [-0.25, -0.2) is 0 Å². The maximum atomic E-state index is 8.76. The number of aliphatic hydroxyl groups excluding tert-OH is 1. The van der Waals surface area contributed by atoms with Crippen molar-refractivity contribution in [3.05, 3.63) is 0 Å². The molecule has 0 rings (SSSR count). The molecule has 3 heteroatoms. The van der Waals surface area contributed by atoms with Gasteiger partial charge in [-0.15, -0.1) is 0 Å². The fourth-order valence-electron chi connectivity index (χ4n) is 1.10. The van der Waals surface area contributed by atoms with Crippen LogP contribution in [0.2, 0.25) is 0 Å². The van der Waals surface area contributed by atoms with E-state index in [0.29, 0.717) is 12.3 Å². The Kier molecular flexibility index (Phi) is 7.66. The van der Waals surface area contributed by atoms with Crippen molar-refractivity contribution >= 4 is 0 Å². The van der Waals surface area contributed by atoms with Gasteiger partial charge in [0.2, 0.25) is 0 Å². The average molecular weight is 184 g/mol. The number of hydrogen-bond acceptors (Lipinski definition) is 3. The van der Waals surface area contributed by atoms with Crippen molar-refractivity contribution in [2.45, 2.75) is 39.2 Å². The lowest BCUT2D eigenvalue weighted by Crippen LogP contribution is -2.26. The molecule has 2 unspecified atom stereocenters. The molecule has 2 N–H and O–H groups in total. The first-order valence-electron chi connectivity index (χ1n) is 4.92. The van der Waals surface area contributed by atoms with Crippen molar-refractivity contribution < 1.29 is 5.11 Å². The van der Waals surface area contributed by atoms with Gasteiger partial charge in [0.25, 0.3) is 0 Å². The Labute approximate surface area is 80.8 Å². The first-order chi connectivity index (χ1) is 6.20. The van der Waals surface area contributed by atoms with Crippen molar-refractivity contribution in [3.63, 3.8) is 0 Å². The number of nitrogens with zero attached hydrogens (tertiary/aromatic N) is 1. The Balaban J connectivity index is 3.21. The van der Waals surface area contributed by atoms with Crippen LogP contribution in [-0.4, -0.2) is 24.3 Å². The third kappa shape index (κ3) is 7.76. The summed E-state index contributed by atoms with van der Waals surface area (Å²) in [5.41, 5.74) is 0. The Bertz CT molecular complexity index is 153. The standard InChI is InChI=1S/C10H20N2O/c1-9(8-13)4-3-7-12-10(2)5-6-11/h9-10,12-13H,3-5,7-8H2,1-2H3. The van der Waals surface area contributed by atoms with E-state index in [1.54, 1.807) is 0 Å². The van der Waals surface area contributed by atoms with Crippen molar-refractivity contribution in [1.82, 2.24) is 5.32 Å². The molecule has 0 heterocycles. The molecule has 0 saturated carbocycles. The molecule has 0 aromatic heterocycles. The summed E-state index contributed by atoms with van der Waals surface area (Å²) in [6, 6.07) is 2.41. The highest BCUT2D eigenvalue weighted by Gasteiger charge is 2.01. The van der Waals surface area contributed by atoms with Gasteiger partial charge in [0.05, 0.1) is 12.5 Å². The number of aliphatic hydroxyl groups is 1. The number of nitriles is 1. The number of hydrogen-bond donors (Lipinski definition) is 2. The van der Waals surface area contributed by atoms with E-state index >= 15 is 0 Å². The topological polar surface area (TPSA) is 56.0 Å². The smallest absolute Gasteiger partial charge is 0.0638 e. The molecule has 0 aliphatic rings. The lowest BCUT2D eigenvalue weighted by Gasteiger charge is -2.11. The van der Waals surface area contributed by atoms with E-state index in [9.17, 15) is 0 Å². The molecule has 0 spiro atoms. The van der Waals surface area contributed by atoms with Gasteiger partial charge >= 0.3 is 0 Å². The molecule has 76 valence electrons. The largest absolute Gasteiger partial charge is 0.396 e. The minimum absolute atomic E-state index is 0.272. The van der Waals surface area contributed by atoms with E-state index in [-0.39, 0.29) is 12.6 Å². The lowest BCUT2D eigenvalue weighted by molar-refractivity contribution is 0.227. The third-order valence-corrected chi connectivity index (χ3v) is 2.08. The second-order valence-corrected chi connectivity index (χ2v) is 3.65. The van der Waals surface area contributed by atoms with Crippen LogP contribution in [-0.2, 0) is 0 Å². The highest BCUT2D eigenvalue weighted by molar-refractivity contribution is 4.77. The summed E-state index contributed by atoms with van der Waals surface area (Å²) in [7, 11) is 0. The van der Waals surface area contributed by atoms with E-state index in [1.165, 1.54) is 0 Å². The zero-order valence-electron chi connectivity index (χ0n) is 8.58. The molecule has 2 atom stereocenters. The molecule has 0 aliphatic carbocycles. The van der Waals surface area contributed by atoms with E-state index in [1.807, 2.05) is 13.8 Å². The van der Waals surface area contributed by atoms with Crippen molar-refractivity contribution in [2.24, 2.45) is 5.92 Å². The molecule has 0 amide bonds. The van der Waals surface area contributed by atoms with Gasteiger partial charge in [0, 0.05) is 12.6 Å². The van der Waals surface area contributed by atoms with Gasteiger partial charge in [-0.05, 0) is 32.2 Å². The molecule has 0 bridgehead atoms. The van der Waals surface area contributed by atoms with Crippen LogP contribution < -0.4 is 5.32 Å². The van der Waals surface area contributed by atoms with Crippen LogP contribution in [0.4, 0.5) is 0 Å². The minimum Gasteiger partial charge on any atom is -0.396 e. The van der Waals surface area contributed by atoms with Crippen molar-refractivity contribution in [1.29, 1.82) is 5.26 Å². The van der Waals surface area contributed by atoms with E-state index in [4.69, 9.17) is 10.4 Å². The summed E-state index contributed by atoms with van der Waals surface area (Å²) in [5.74, 6) is 0.396. The summed E-state index contributed by atoms with van der Waals surface area (Å²) >= 11 is 0.